The summed E-state index contributed by atoms with van der Waals surface area (Å²) in [5.74, 6) is 0.875. The third-order valence-corrected chi connectivity index (χ3v) is 8.27. The van der Waals surface area contributed by atoms with Crippen LogP contribution in [0.15, 0.2) is 170 Å². The van der Waals surface area contributed by atoms with Gasteiger partial charge in [-0.3, -0.25) is 4.90 Å². The maximum atomic E-state index is 4.92. The Hall–Kier alpha value is -5.73. The van der Waals surface area contributed by atoms with Gasteiger partial charge >= 0.3 is 0 Å². The predicted octanol–water partition coefficient (Wildman–Crippen LogP) is 11.3. The Bertz CT molecular complexity index is 2180. The zero-order valence-corrected chi connectivity index (χ0v) is 23.6. The molecule has 0 unspecified atom stereocenters. The van der Waals surface area contributed by atoms with Crippen molar-refractivity contribution in [3.05, 3.63) is 170 Å². The lowest BCUT2D eigenvalue weighted by molar-refractivity contribution is 1.19. The minimum atomic E-state index is 0.875. The van der Waals surface area contributed by atoms with Gasteiger partial charge in [-0.1, -0.05) is 140 Å². The van der Waals surface area contributed by atoms with Crippen LogP contribution in [0, 0.1) is 0 Å². The smallest absolute Gasteiger partial charge is 0.137 e. The number of rotatable bonds is 5. The highest BCUT2D eigenvalue weighted by atomic mass is 15.2. The van der Waals surface area contributed by atoms with E-state index >= 15 is 0 Å². The second-order valence-corrected chi connectivity index (χ2v) is 10.8. The van der Waals surface area contributed by atoms with Crippen molar-refractivity contribution in [2.24, 2.45) is 0 Å². The molecule has 43 heavy (non-hydrogen) atoms. The average Bonchev–Trinajstić information content (AvgIpc) is 3.09. The summed E-state index contributed by atoms with van der Waals surface area (Å²) in [7, 11) is 0. The van der Waals surface area contributed by atoms with E-state index in [1.165, 1.54) is 49.0 Å². The van der Waals surface area contributed by atoms with Crippen LogP contribution in [0.3, 0.4) is 0 Å². The van der Waals surface area contributed by atoms with Crippen LogP contribution < -0.4 is 4.90 Å². The summed E-state index contributed by atoms with van der Waals surface area (Å²) < 4.78 is 0. The van der Waals surface area contributed by atoms with E-state index < -0.39 is 0 Å². The zero-order chi connectivity index (χ0) is 28.6. The van der Waals surface area contributed by atoms with Crippen molar-refractivity contribution in [3.8, 4) is 22.3 Å². The van der Waals surface area contributed by atoms with Crippen LogP contribution in [0.25, 0.3) is 54.6 Å². The van der Waals surface area contributed by atoms with E-state index in [1.54, 1.807) is 0 Å². The molecule has 0 amide bonds. The van der Waals surface area contributed by atoms with Crippen LogP contribution in [0.5, 0.6) is 0 Å². The molecular weight excluding hydrogens is 520 g/mol. The molecule has 2 nitrogen and oxygen atoms in total. The number of aromatic nitrogens is 1. The van der Waals surface area contributed by atoms with Gasteiger partial charge in [0.1, 0.15) is 5.82 Å². The molecule has 0 N–H and O–H groups in total. The van der Waals surface area contributed by atoms with Gasteiger partial charge in [0.25, 0.3) is 0 Å². The molecule has 0 atom stereocenters. The Morgan fingerprint density at radius 1 is 0.419 bits per heavy atom. The summed E-state index contributed by atoms with van der Waals surface area (Å²) in [6, 6.07) is 58.4. The maximum absolute atomic E-state index is 4.92. The SMILES string of the molecule is c1ccc(-c2ccccc2N(c2ccccn2)c2c3ccccc3c(-c3ccc4ccccc4c3)c3ccccc23)cc1. The molecule has 0 fully saturated rings. The lowest BCUT2D eigenvalue weighted by atomic mass is 9.89. The van der Waals surface area contributed by atoms with Crippen molar-refractivity contribution < 1.29 is 0 Å². The van der Waals surface area contributed by atoms with Gasteiger partial charge in [-0.15, -0.1) is 0 Å². The fraction of sp³-hybridized carbons (Fsp3) is 0. The monoisotopic (exact) mass is 548 g/mol. The third-order valence-electron chi connectivity index (χ3n) is 8.27. The van der Waals surface area contributed by atoms with Gasteiger partial charge in [0, 0.05) is 22.5 Å². The van der Waals surface area contributed by atoms with E-state index in [0.29, 0.717) is 0 Å². The topological polar surface area (TPSA) is 16.1 Å². The van der Waals surface area contributed by atoms with E-state index in [1.807, 2.05) is 12.3 Å². The average molecular weight is 549 g/mol. The van der Waals surface area contributed by atoms with Gasteiger partial charge in [0.2, 0.25) is 0 Å². The van der Waals surface area contributed by atoms with Gasteiger partial charge in [-0.25, -0.2) is 4.98 Å². The molecule has 0 aliphatic rings. The molecule has 0 saturated heterocycles. The molecule has 7 aromatic carbocycles. The second kappa shape index (κ2) is 10.6. The molecule has 0 saturated carbocycles. The molecule has 0 aliphatic carbocycles. The van der Waals surface area contributed by atoms with E-state index in [-0.39, 0.29) is 0 Å². The van der Waals surface area contributed by atoms with Gasteiger partial charge < -0.3 is 0 Å². The molecule has 0 bridgehead atoms. The molecule has 1 heterocycles. The molecule has 0 radical (unpaired) electrons. The fourth-order valence-electron chi connectivity index (χ4n) is 6.38. The zero-order valence-electron chi connectivity index (χ0n) is 23.6. The Balaban J connectivity index is 1.49. The highest BCUT2D eigenvalue weighted by Crippen LogP contribution is 2.49. The number of benzene rings is 7. The molecule has 1 aromatic heterocycles. The first-order valence-electron chi connectivity index (χ1n) is 14.6. The quantitative estimate of drug-likeness (QED) is 0.199. The Kier molecular flexibility index (Phi) is 6.16. The summed E-state index contributed by atoms with van der Waals surface area (Å²) in [6.45, 7) is 0. The first-order chi connectivity index (χ1) is 21.4. The minimum Gasteiger partial charge on any atom is -0.293 e. The van der Waals surface area contributed by atoms with Crippen LogP contribution in [0.2, 0.25) is 0 Å². The highest BCUT2D eigenvalue weighted by molar-refractivity contribution is 6.22. The number of nitrogens with zero attached hydrogens (tertiary/aromatic N) is 2. The van der Waals surface area contributed by atoms with Crippen molar-refractivity contribution in [2.75, 3.05) is 4.90 Å². The van der Waals surface area contributed by atoms with E-state index in [4.69, 9.17) is 4.98 Å². The molecule has 0 aliphatic heterocycles. The van der Waals surface area contributed by atoms with E-state index in [0.717, 1.165) is 22.8 Å². The number of hydrogen-bond donors (Lipinski definition) is 0. The molecule has 202 valence electrons. The van der Waals surface area contributed by atoms with Crippen LogP contribution >= 0.6 is 0 Å². The van der Waals surface area contributed by atoms with Crippen molar-refractivity contribution in [1.29, 1.82) is 0 Å². The Labute approximate surface area is 251 Å². The first-order valence-corrected chi connectivity index (χ1v) is 14.6. The largest absolute Gasteiger partial charge is 0.293 e. The molecule has 0 spiro atoms. The number of anilines is 3. The van der Waals surface area contributed by atoms with Crippen LogP contribution in [0.1, 0.15) is 0 Å². The number of para-hydroxylation sites is 1. The van der Waals surface area contributed by atoms with Gasteiger partial charge in [0.05, 0.1) is 11.4 Å². The first kappa shape index (κ1) is 25.0. The Morgan fingerprint density at radius 2 is 1.02 bits per heavy atom. The van der Waals surface area contributed by atoms with Crippen molar-refractivity contribution in [1.82, 2.24) is 4.98 Å². The minimum absolute atomic E-state index is 0.875. The Morgan fingerprint density at radius 3 is 1.74 bits per heavy atom. The fourth-order valence-corrected chi connectivity index (χ4v) is 6.38. The highest BCUT2D eigenvalue weighted by Gasteiger charge is 2.24. The summed E-state index contributed by atoms with van der Waals surface area (Å²) in [6.07, 6.45) is 1.88. The van der Waals surface area contributed by atoms with Crippen LogP contribution in [-0.2, 0) is 0 Å². The normalized spacial score (nSPS) is 11.3. The second-order valence-electron chi connectivity index (χ2n) is 10.8. The standard InChI is InChI=1S/C41H28N2/c1-2-15-30(16-3-1)33-18-10-11-23-38(33)43(39-24-12-13-27-42-39)41-36-21-8-6-19-34(36)40(35-20-7-9-22-37(35)41)32-26-25-29-14-4-5-17-31(29)28-32/h1-28H. The lowest BCUT2D eigenvalue weighted by Gasteiger charge is -2.30. The molecular formula is C41H28N2. The predicted molar refractivity (Wildman–Crippen MR) is 182 cm³/mol. The van der Waals surface area contributed by atoms with Crippen molar-refractivity contribution in [3.63, 3.8) is 0 Å². The maximum Gasteiger partial charge on any atom is 0.137 e. The summed E-state index contributed by atoms with van der Waals surface area (Å²) in [5, 5.41) is 7.27. The lowest BCUT2D eigenvalue weighted by Crippen LogP contribution is -2.14. The molecule has 8 rings (SSSR count). The summed E-state index contributed by atoms with van der Waals surface area (Å²) in [5.41, 5.74) is 6.99. The number of fused-ring (bicyclic) bond motifs is 3. The van der Waals surface area contributed by atoms with E-state index in [2.05, 4.69) is 163 Å². The van der Waals surface area contributed by atoms with Gasteiger partial charge in [-0.2, -0.15) is 0 Å². The molecule has 2 heteroatoms. The summed E-state index contributed by atoms with van der Waals surface area (Å²) >= 11 is 0. The number of hydrogen-bond acceptors (Lipinski definition) is 2. The van der Waals surface area contributed by atoms with E-state index in [9.17, 15) is 0 Å². The third kappa shape index (κ3) is 4.32. The summed E-state index contributed by atoms with van der Waals surface area (Å²) in [4.78, 5) is 7.27. The number of pyridine rings is 1. The van der Waals surface area contributed by atoms with Gasteiger partial charge in [0.15, 0.2) is 0 Å². The van der Waals surface area contributed by atoms with Gasteiger partial charge in [-0.05, 0) is 62.5 Å². The van der Waals surface area contributed by atoms with Crippen molar-refractivity contribution in [2.45, 2.75) is 0 Å². The molecule has 8 aromatic rings. The van der Waals surface area contributed by atoms with Crippen LogP contribution in [-0.4, -0.2) is 4.98 Å². The van der Waals surface area contributed by atoms with Crippen molar-refractivity contribution >= 4 is 49.5 Å². The van der Waals surface area contributed by atoms with Crippen LogP contribution in [0.4, 0.5) is 17.2 Å².